The van der Waals surface area contributed by atoms with Crippen LogP contribution in [0.1, 0.15) is 31.4 Å². The van der Waals surface area contributed by atoms with Gasteiger partial charge in [-0.3, -0.25) is 4.68 Å². The van der Waals surface area contributed by atoms with Crippen molar-refractivity contribution in [3.63, 3.8) is 0 Å². The van der Waals surface area contributed by atoms with Crippen LogP contribution in [0.15, 0.2) is 24.3 Å². The Labute approximate surface area is 113 Å². The van der Waals surface area contributed by atoms with Crippen LogP contribution in [-0.2, 0) is 18.4 Å². The lowest BCUT2D eigenvalue weighted by Gasteiger charge is -2.22. The maximum atomic E-state index is 6.29. The van der Waals surface area contributed by atoms with Crippen LogP contribution in [0.3, 0.4) is 0 Å². The van der Waals surface area contributed by atoms with Gasteiger partial charge in [0, 0.05) is 18.0 Å². The molecule has 0 amide bonds. The molecule has 1 aromatic heterocycles. The lowest BCUT2D eigenvalue weighted by atomic mass is 10.0. The summed E-state index contributed by atoms with van der Waals surface area (Å²) in [4.78, 5) is 0. The highest BCUT2D eigenvalue weighted by molar-refractivity contribution is 5.81. The molecule has 1 fully saturated rings. The van der Waals surface area contributed by atoms with Gasteiger partial charge in [0.2, 0.25) is 0 Å². The molecule has 1 heterocycles. The molecule has 1 aliphatic carbocycles. The second-order valence-electron chi connectivity index (χ2n) is 5.65. The van der Waals surface area contributed by atoms with Gasteiger partial charge in [0.15, 0.2) is 0 Å². The van der Waals surface area contributed by atoms with Crippen LogP contribution in [-0.4, -0.2) is 21.9 Å². The highest BCUT2D eigenvalue weighted by Crippen LogP contribution is 2.27. The van der Waals surface area contributed by atoms with Crippen LogP contribution >= 0.6 is 0 Å². The minimum Gasteiger partial charge on any atom is -0.373 e. The molecule has 1 saturated carbocycles. The standard InChI is InChI=1S/C15H21N3O/c1-18-14-7-3-2-6-12(14)13(17-18)10-19-11-15(16)8-4-5-9-15/h2-3,6-7H,4-5,8-11,16H2,1H3. The van der Waals surface area contributed by atoms with Gasteiger partial charge >= 0.3 is 0 Å². The van der Waals surface area contributed by atoms with E-state index < -0.39 is 0 Å². The van der Waals surface area contributed by atoms with Gasteiger partial charge in [0.25, 0.3) is 0 Å². The van der Waals surface area contributed by atoms with Crippen molar-refractivity contribution in [2.75, 3.05) is 6.61 Å². The zero-order chi connectivity index (χ0) is 13.3. The first kappa shape index (κ1) is 12.6. The Morgan fingerprint density at radius 1 is 1.32 bits per heavy atom. The molecular formula is C15H21N3O. The number of fused-ring (bicyclic) bond motifs is 1. The van der Waals surface area contributed by atoms with E-state index >= 15 is 0 Å². The van der Waals surface area contributed by atoms with Crippen molar-refractivity contribution in [2.24, 2.45) is 12.8 Å². The normalized spacial score (nSPS) is 18.2. The Morgan fingerprint density at radius 3 is 2.84 bits per heavy atom. The van der Waals surface area contributed by atoms with Gasteiger partial charge in [-0.2, -0.15) is 5.10 Å². The summed E-state index contributed by atoms with van der Waals surface area (Å²) in [5.74, 6) is 0. The first-order valence-corrected chi connectivity index (χ1v) is 6.95. The smallest absolute Gasteiger partial charge is 0.0960 e. The van der Waals surface area contributed by atoms with E-state index in [-0.39, 0.29) is 5.54 Å². The predicted octanol–water partition coefficient (Wildman–Crippen LogP) is 2.36. The fourth-order valence-corrected chi connectivity index (χ4v) is 2.97. The van der Waals surface area contributed by atoms with Gasteiger partial charge < -0.3 is 10.5 Å². The monoisotopic (exact) mass is 259 g/mol. The summed E-state index contributed by atoms with van der Waals surface area (Å²) >= 11 is 0. The molecule has 1 aromatic carbocycles. The molecule has 0 unspecified atom stereocenters. The summed E-state index contributed by atoms with van der Waals surface area (Å²) < 4.78 is 7.73. The third-order valence-electron chi connectivity index (χ3n) is 4.06. The Morgan fingerprint density at radius 2 is 2.05 bits per heavy atom. The molecule has 0 radical (unpaired) electrons. The van der Waals surface area contributed by atoms with Crippen molar-refractivity contribution in [1.29, 1.82) is 0 Å². The third-order valence-corrected chi connectivity index (χ3v) is 4.06. The number of nitrogens with zero attached hydrogens (tertiary/aromatic N) is 2. The van der Waals surface area contributed by atoms with Crippen molar-refractivity contribution >= 4 is 10.9 Å². The molecule has 19 heavy (non-hydrogen) atoms. The Balaban J connectivity index is 1.68. The summed E-state index contributed by atoms with van der Waals surface area (Å²) in [6, 6.07) is 8.24. The predicted molar refractivity (Wildman–Crippen MR) is 75.8 cm³/mol. The van der Waals surface area contributed by atoms with Crippen LogP contribution in [0, 0.1) is 0 Å². The average Bonchev–Trinajstić information content (AvgIpc) is 2.96. The summed E-state index contributed by atoms with van der Waals surface area (Å²) in [6.45, 7) is 1.18. The Bertz CT molecular complexity index is 570. The number of rotatable bonds is 4. The number of ether oxygens (including phenoxy) is 1. The Hall–Kier alpha value is -1.39. The van der Waals surface area contributed by atoms with E-state index in [4.69, 9.17) is 10.5 Å². The minimum atomic E-state index is -0.107. The highest BCUT2D eigenvalue weighted by Gasteiger charge is 2.29. The molecule has 0 atom stereocenters. The molecule has 4 heteroatoms. The van der Waals surface area contributed by atoms with E-state index in [9.17, 15) is 0 Å². The molecule has 3 rings (SSSR count). The van der Waals surface area contributed by atoms with E-state index in [1.807, 2.05) is 23.9 Å². The molecular weight excluding hydrogens is 238 g/mol. The van der Waals surface area contributed by atoms with Gasteiger partial charge in [0.05, 0.1) is 24.4 Å². The minimum absolute atomic E-state index is 0.107. The van der Waals surface area contributed by atoms with E-state index in [0.717, 1.165) is 24.1 Å². The van der Waals surface area contributed by atoms with E-state index in [2.05, 4.69) is 17.2 Å². The van der Waals surface area contributed by atoms with Crippen molar-refractivity contribution < 1.29 is 4.74 Å². The zero-order valence-corrected chi connectivity index (χ0v) is 11.4. The van der Waals surface area contributed by atoms with Crippen LogP contribution in [0.25, 0.3) is 10.9 Å². The average molecular weight is 259 g/mol. The number of hydrogen-bond donors (Lipinski definition) is 1. The maximum absolute atomic E-state index is 6.29. The number of aryl methyl sites for hydroxylation is 1. The highest BCUT2D eigenvalue weighted by atomic mass is 16.5. The molecule has 4 nitrogen and oxygen atoms in total. The van der Waals surface area contributed by atoms with Gasteiger partial charge in [-0.05, 0) is 18.9 Å². The molecule has 0 bridgehead atoms. The number of benzene rings is 1. The first-order valence-electron chi connectivity index (χ1n) is 6.95. The number of para-hydroxylation sites is 1. The maximum Gasteiger partial charge on any atom is 0.0960 e. The SMILES string of the molecule is Cn1nc(COCC2(N)CCCC2)c2ccccc21. The third kappa shape index (κ3) is 2.51. The quantitative estimate of drug-likeness (QED) is 0.917. The number of nitrogens with two attached hydrogens (primary N) is 1. The lowest BCUT2D eigenvalue weighted by Crippen LogP contribution is -2.41. The van der Waals surface area contributed by atoms with Gasteiger partial charge in [-0.25, -0.2) is 0 Å². The zero-order valence-electron chi connectivity index (χ0n) is 11.4. The van der Waals surface area contributed by atoms with Crippen LogP contribution in [0.5, 0.6) is 0 Å². The van der Waals surface area contributed by atoms with Gasteiger partial charge in [-0.15, -0.1) is 0 Å². The molecule has 0 aliphatic heterocycles. The van der Waals surface area contributed by atoms with Crippen molar-refractivity contribution in [3.05, 3.63) is 30.0 Å². The molecule has 102 valence electrons. The molecule has 2 aromatic rings. The number of aromatic nitrogens is 2. The van der Waals surface area contributed by atoms with Crippen molar-refractivity contribution in [2.45, 2.75) is 37.8 Å². The van der Waals surface area contributed by atoms with Crippen molar-refractivity contribution in [3.8, 4) is 0 Å². The molecule has 2 N–H and O–H groups in total. The second kappa shape index (κ2) is 4.94. The fourth-order valence-electron chi connectivity index (χ4n) is 2.97. The lowest BCUT2D eigenvalue weighted by molar-refractivity contribution is 0.0735. The summed E-state index contributed by atoms with van der Waals surface area (Å²) in [5, 5.41) is 5.70. The summed E-state index contributed by atoms with van der Waals surface area (Å²) in [6.07, 6.45) is 4.62. The van der Waals surface area contributed by atoms with Gasteiger partial charge in [-0.1, -0.05) is 31.0 Å². The second-order valence-corrected chi connectivity index (χ2v) is 5.65. The molecule has 0 saturated heterocycles. The summed E-state index contributed by atoms with van der Waals surface area (Å²) in [5.41, 5.74) is 8.33. The van der Waals surface area contributed by atoms with Crippen LogP contribution in [0.4, 0.5) is 0 Å². The van der Waals surface area contributed by atoms with E-state index in [0.29, 0.717) is 13.2 Å². The van der Waals surface area contributed by atoms with Gasteiger partial charge in [0.1, 0.15) is 0 Å². The molecule has 0 spiro atoms. The largest absolute Gasteiger partial charge is 0.373 e. The van der Waals surface area contributed by atoms with E-state index in [1.165, 1.54) is 18.2 Å². The topological polar surface area (TPSA) is 53.1 Å². The van der Waals surface area contributed by atoms with Crippen LogP contribution < -0.4 is 5.73 Å². The fraction of sp³-hybridized carbons (Fsp3) is 0.533. The Kier molecular flexibility index (Phi) is 3.29. The van der Waals surface area contributed by atoms with Crippen LogP contribution in [0.2, 0.25) is 0 Å². The molecule has 1 aliphatic rings. The number of hydrogen-bond acceptors (Lipinski definition) is 3. The first-order chi connectivity index (χ1) is 9.18. The van der Waals surface area contributed by atoms with Crippen molar-refractivity contribution in [1.82, 2.24) is 9.78 Å². The summed E-state index contributed by atoms with van der Waals surface area (Å²) in [7, 11) is 1.97. The van der Waals surface area contributed by atoms with E-state index in [1.54, 1.807) is 0 Å².